The SMILES string of the molecule is C=CCCS(=O)(=O)N[C@H]1CCc2c(-c3nnc(-c4ccc(OC(C)C)c(N)c4)s3)cccc21. The first-order valence-electron chi connectivity index (χ1n) is 10.9. The molecule has 1 aliphatic rings. The van der Waals surface area contributed by atoms with Crippen LogP contribution in [0.5, 0.6) is 5.75 Å². The number of hydrogen-bond acceptors (Lipinski definition) is 7. The summed E-state index contributed by atoms with van der Waals surface area (Å²) in [5.41, 5.74) is 10.7. The Morgan fingerprint density at radius 1 is 1.27 bits per heavy atom. The fourth-order valence-corrected chi connectivity index (χ4v) is 6.15. The predicted molar refractivity (Wildman–Crippen MR) is 134 cm³/mol. The summed E-state index contributed by atoms with van der Waals surface area (Å²) in [5.74, 6) is 0.701. The Balaban J connectivity index is 1.58. The number of ether oxygens (including phenoxy) is 1. The highest BCUT2D eigenvalue weighted by Gasteiger charge is 2.29. The zero-order chi connectivity index (χ0) is 23.6. The van der Waals surface area contributed by atoms with Crippen LogP contribution < -0.4 is 15.2 Å². The van der Waals surface area contributed by atoms with Crippen LogP contribution in [0, 0.1) is 0 Å². The summed E-state index contributed by atoms with van der Waals surface area (Å²) in [4.78, 5) is 0. The summed E-state index contributed by atoms with van der Waals surface area (Å²) >= 11 is 1.49. The van der Waals surface area contributed by atoms with Gasteiger partial charge in [0.05, 0.1) is 17.5 Å². The normalized spacial score (nSPS) is 15.5. The molecular weight excluding hydrogens is 456 g/mol. The second kappa shape index (κ2) is 9.62. The molecule has 1 atom stereocenters. The summed E-state index contributed by atoms with van der Waals surface area (Å²) in [6.45, 7) is 7.52. The highest BCUT2D eigenvalue weighted by Crippen LogP contribution is 2.40. The minimum Gasteiger partial charge on any atom is -0.489 e. The fourth-order valence-electron chi connectivity index (χ4n) is 3.98. The van der Waals surface area contributed by atoms with Crippen molar-refractivity contribution in [2.45, 2.75) is 45.3 Å². The average Bonchev–Trinajstić information content (AvgIpc) is 3.41. The maximum Gasteiger partial charge on any atom is 0.212 e. The summed E-state index contributed by atoms with van der Waals surface area (Å²) in [6, 6.07) is 11.4. The van der Waals surface area contributed by atoms with Crippen molar-refractivity contribution in [2.24, 2.45) is 0 Å². The number of rotatable bonds is 9. The van der Waals surface area contributed by atoms with Crippen molar-refractivity contribution in [3.05, 3.63) is 60.2 Å². The van der Waals surface area contributed by atoms with Crippen molar-refractivity contribution in [2.75, 3.05) is 11.5 Å². The van der Waals surface area contributed by atoms with Gasteiger partial charge in [-0.1, -0.05) is 35.6 Å². The molecule has 7 nitrogen and oxygen atoms in total. The number of benzene rings is 2. The standard InChI is InChI=1S/C24H28N4O3S2/c1-4-5-13-33(29,30)28-21-11-10-17-18(21)7-6-8-19(17)24-27-26-23(32-24)16-9-12-22(20(25)14-16)31-15(2)3/h4,6-9,12,14-15,21,28H,1,5,10-11,13,25H2,2-3H3/t21-/m0/s1. The molecule has 33 heavy (non-hydrogen) atoms. The molecule has 0 saturated carbocycles. The van der Waals surface area contributed by atoms with E-state index >= 15 is 0 Å². The molecule has 1 aromatic heterocycles. The van der Waals surface area contributed by atoms with Crippen LogP contribution in [-0.2, 0) is 16.4 Å². The highest BCUT2D eigenvalue weighted by molar-refractivity contribution is 7.89. The maximum atomic E-state index is 12.4. The van der Waals surface area contributed by atoms with Crippen molar-refractivity contribution in [1.82, 2.24) is 14.9 Å². The van der Waals surface area contributed by atoms with Gasteiger partial charge in [0.2, 0.25) is 10.0 Å². The molecule has 0 fully saturated rings. The number of nitrogens with zero attached hydrogens (tertiary/aromatic N) is 2. The maximum absolute atomic E-state index is 12.4. The Hall–Kier alpha value is -2.75. The summed E-state index contributed by atoms with van der Waals surface area (Å²) in [7, 11) is -3.36. The summed E-state index contributed by atoms with van der Waals surface area (Å²) in [5, 5.41) is 10.4. The van der Waals surface area contributed by atoms with Gasteiger partial charge in [0, 0.05) is 17.2 Å². The molecule has 0 saturated heterocycles. The Morgan fingerprint density at radius 2 is 2.06 bits per heavy atom. The smallest absolute Gasteiger partial charge is 0.212 e. The third-order valence-corrected chi connectivity index (χ3v) is 7.88. The van der Waals surface area contributed by atoms with E-state index in [-0.39, 0.29) is 17.9 Å². The van der Waals surface area contributed by atoms with Crippen molar-refractivity contribution < 1.29 is 13.2 Å². The molecule has 3 aromatic rings. The predicted octanol–water partition coefficient (Wildman–Crippen LogP) is 4.72. The molecule has 1 heterocycles. The van der Waals surface area contributed by atoms with Crippen LogP contribution >= 0.6 is 11.3 Å². The summed E-state index contributed by atoms with van der Waals surface area (Å²) in [6.07, 6.45) is 3.59. The van der Waals surface area contributed by atoms with Gasteiger partial charge in [0.15, 0.2) is 0 Å². The van der Waals surface area contributed by atoms with Crippen LogP contribution in [0.1, 0.15) is 43.9 Å². The third-order valence-electron chi connectivity index (χ3n) is 5.46. The van der Waals surface area contributed by atoms with E-state index in [1.807, 2.05) is 50.2 Å². The average molecular weight is 485 g/mol. The minimum atomic E-state index is -3.36. The molecule has 0 aliphatic heterocycles. The van der Waals surface area contributed by atoms with Gasteiger partial charge < -0.3 is 10.5 Å². The first-order chi connectivity index (χ1) is 15.8. The first-order valence-corrected chi connectivity index (χ1v) is 13.4. The molecule has 0 bridgehead atoms. The Kier molecular flexibility index (Phi) is 6.83. The number of allylic oxidation sites excluding steroid dienone is 1. The number of sulfonamides is 1. The van der Waals surface area contributed by atoms with E-state index < -0.39 is 10.0 Å². The van der Waals surface area contributed by atoms with E-state index in [1.54, 1.807) is 6.08 Å². The summed E-state index contributed by atoms with van der Waals surface area (Å²) < 4.78 is 33.3. The molecule has 0 spiro atoms. The second-order valence-corrected chi connectivity index (χ2v) is 11.2. The lowest BCUT2D eigenvalue weighted by atomic mass is 10.0. The number of aromatic nitrogens is 2. The number of fused-ring (bicyclic) bond motifs is 1. The Bertz CT molecular complexity index is 1270. The van der Waals surface area contributed by atoms with Crippen LogP contribution in [0.3, 0.4) is 0 Å². The van der Waals surface area contributed by atoms with E-state index in [9.17, 15) is 8.42 Å². The van der Waals surface area contributed by atoms with Crippen LogP contribution in [0.2, 0.25) is 0 Å². The van der Waals surface area contributed by atoms with Crippen LogP contribution in [0.4, 0.5) is 5.69 Å². The lowest BCUT2D eigenvalue weighted by molar-refractivity contribution is 0.244. The lowest BCUT2D eigenvalue weighted by Crippen LogP contribution is -2.29. The van der Waals surface area contributed by atoms with Crippen molar-refractivity contribution in [3.63, 3.8) is 0 Å². The fraction of sp³-hybridized carbons (Fsp3) is 0.333. The van der Waals surface area contributed by atoms with Crippen LogP contribution in [-0.4, -0.2) is 30.5 Å². The van der Waals surface area contributed by atoms with Crippen molar-refractivity contribution in [3.8, 4) is 26.9 Å². The number of anilines is 1. The van der Waals surface area contributed by atoms with Crippen molar-refractivity contribution >= 4 is 27.0 Å². The molecule has 2 aromatic carbocycles. The Morgan fingerprint density at radius 3 is 2.79 bits per heavy atom. The first kappa shape index (κ1) is 23.4. The van der Waals surface area contributed by atoms with E-state index in [0.717, 1.165) is 45.1 Å². The number of nitrogens with one attached hydrogen (secondary N) is 1. The van der Waals surface area contributed by atoms with Crippen LogP contribution in [0.15, 0.2) is 49.1 Å². The van der Waals surface area contributed by atoms with Gasteiger partial charge >= 0.3 is 0 Å². The van der Waals surface area contributed by atoms with E-state index in [1.165, 1.54) is 11.3 Å². The molecule has 174 valence electrons. The molecule has 0 unspecified atom stereocenters. The van der Waals surface area contributed by atoms with Gasteiger partial charge in [-0.05, 0) is 62.4 Å². The highest BCUT2D eigenvalue weighted by atomic mass is 32.2. The molecule has 0 radical (unpaired) electrons. The van der Waals surface area contributed by atoms with Gasteiger partial charge in [-0.3, -0.25) is 0 Å². The van der Waals surface area contributed by atoms with Gasteiger partial charge in [0.25, 0.3) is 0 Å². The molecule has 1 aliphatic carbocycles. The minimum absolute atomic E-state index is 0.0433. The second-order valence-electron chi connectivity index (χ2n) is 8.31. The number of nitrogen functional groups attached to an aromatic ring is 1. The topological polar surface area (TPSA) is 107 Å². The molecule has 4 rings (SSSR count). The molecule has 9 heteroatoms. The van der Waals surface area contributed by atoms with Crippen molar-refractivity contribution in [1.29, 1.82) is 0 Å². The monoisotopic (exact) mass is 484 g/mol. The van der Waals surface area contributed by atoms with E-state index in [0.29, 0.717) is 17.9 Å². The molecule has 3 N–H and O–H groups in total. The lowest BCUT2D eigenvalue weighted by Gasteiger charge is -2.14. The number of hydrogen-bond donors (Lipinski definition) is 2. The molecule has 0 amide bonds. The largest absolute Gasteiger partial charge is 0.489 e. The van der Waals surface area contributed by atoms with Gasteiger partial charge in [-0.15, -0.1) is 16.8 Å². The van der Waals surface area contributed by atoms with E-state index in [2.05, 4.69) is 21.5 Å². The van der Waals surface area contributed by atoms with E-state index in [4.69, 9.17) is 10.5 Å². The quantitative estimate of drug-likeness (QED) is 0.336. The third kappa shape index (κ3) is 5.26. The van der Waals surface area contributed by atoms with Gasteiger partial charge in [-0.2, -0.15) is 0 Å². The zero-order valence-electron chi connectivity index (χ0n) is 18.7. The van der Waals surface area contributed by atoms with Gasteiger partial charge in [-0.25, -0.2) is 13.1 Å². The molecular formula is C24H28N4O3S2. The Labute approximate surface area is 198 Å². The number of nitrogens with two attached hydrogens (primary N) is 1. The van der Waals surface area contributed by atoms with Gasteiger partial charge in [0.1, 0.15) is 15.8 Å². The zero-order valence-corrected chi connectivity index (χ0v) is 20.4. The van der Waals surface area contributed by atoms with Crippen LogP contribution in [0.25, 0.3) is 21.1 Å².